The first-order valence-corrected chi connectivity index (χ1v) is 12.6. The summed E-state index contributed by atoms with van der Waals surface area (Å²) in [6.45, 7) is 8.28. The van der Waals surface area contributed by atoms with Crippen molar-refractivity contribution in [1.82, 2.24) is 25.2 Å². The molecular formula is C27H31N5O2S. The van der Waals surface area contributed by atoms with Gasteiger partial charge in [-0.2, -0.15) is 11.3 Å². The average molecular weight is 490 g/mol. The molecule has 2 amide bonds. The van der Waals surface area contributed by atoms with Crippen molar-refractivity contribution in [3.8, 4) is 0 Å². The van der Waals surface area contributed by atoms with Gasteiger partial charge in [0.1, 0.15) is 18.1 Å². The maximum absolute atomic E-state index is 13.8. The number of rotatable bonds is 8. The van der Waals surface area contributed by atoms with Crippen molar-refractivity contribution in [2.75, 3.05) is 6.54 Å². The van der Waals surface area contributed by atoms with Crippen molar-refractivity contribution < 1.29 is 9.59 Å². The third kappa shape index (κ3) is 5.95. The molecule has 4 aromatic rings. The van der Waals surface area contributed by atoms with Gasteiger partial charge in [0.05, 0.1) is 5.52 Å². The molecule has 0 spiro atoms. The van der Waals surface area contributed by atoms with Gasteiger partial charge in [-0.15, -0.1) is 5.10 Å². The molecule has 2 heterocycles. The molecule has 7 nitrogen and oxygen atoms in total. The van der Waals surface area contributed by atoms with Gasteiger partial charge in [-0.25, -0.2) is 4.68 Å². The van der Waals surface area contributed by atoms with E-state index in [2.05, 4.69) is 34.7 Å². The molecule has 4 rings (SSSR count). The highest BCUT2D eigenvalue weighted by Gasteiger charge is 2.33. The van der Waals surface area contributed by atoms with E-state index in [1.54, 1.807) is 9.58 Å². The van der Waals surface area contributed by atoms with E-state index >= 15 is 0 Å². The van der Waals surface area contributed by atoms with Crippen molar-refractivity contribution in [1.29, 1.82) is 0 Å². The summed E-state index contributed by atoms with van der Waals surface area (Å²) in [5, 5.41) is 15.3. The number of fused-ring (bicyclic) bond motifs is 1. The summed E-state index contributed by atoms with van der Waals surface area (Å²) in [4.78, 5) is 29.1. The highest BCUT2D eigenvalue weighted by atomic mass is 32.1. The zero-order chi connectivity index (χ0) is 25.0. The van der Waals surface area contributed by atoms with Crippen LogP contribution in [0.3, 0.4) is 0 Å². The molecule has 0 aliphatic heterocycles. The molecule has 0 saturated heterocycles. The van der Waals surface area contributed by atoms with E-state index in [1.807, 2.05) is 74.0 Å². The van der Waals surface area contributed by atoms with E-state index in [-0.39, 0.29) is 18.4 Å². The van der Waals surface area contributed by atoms with Crippen molar-refractivity contribution in [2.24, 2.45) is 0 Å². The van der Waals surface area contributed by atoms with E-state index in [0.29, 0.717) is 13.0 Å². The zero-order valence-corrected chi connectivity index (χ0v) is 21.4. The Hall–Kier alpha value is -3.52. The molecule has 1 N–H and O–H groups in total. The molecule has 0 unspecified atom stereocenters. The zero-order valence-electron chi connectivity index (χ0n) is 20.6. The lowest BCUT2D eigenvalue weighted by Crippen LogP contribution is -2.50. The Morgan fingerprint density at radius 2 is 1.83 bits per heavy atom. The lowest BCUT2D eigenvalue weighted by molar-refractivity contribution is -0.142. The van der Waals surface area contributed by atoms with E-state index in [4.69, 9.17) is 0 Å². The van der Waals surface area contributed by atoms with Crippen LogP contribution in [0.4, 0.5) is 0 Å². The average Bonchev–Trinajstić information content (AvgIpc) is 3.47. The van der Waals surface area contributed by atoms with E-state index < -0.39 is 11.6 Å². The fourth-order valence-electron chi connectivity index (χ4n) is 4.12. The predicted octanol–water partition coefficient (Wildman–Crippen LogP) is 4.53. The number of carbonyl (C=O) groups is 2. The number of nitrogens with one attached hydrogen (secondary N) is 1. The van der Waals surface area contributed by atoms with Gasteiger partial charge in [-0.05, 0) is 79.8 Å². The van der Waals surface area contributed by atoms with Crippen LogP contribution in [0.25, 0.3) is 11.0 Å². The normalized spacial score (nSPS) is 12.5. The van der Waals surface area contributed by atoms with Crippen LogP contribution in [0.1, 0.15) is 43.5 Å². The number of aromatic nitrogens is 3. The van der Waals surface area contributed by atoms with Crippen LogP contribution < -0.4 is 5.32 Å². The van der Waals surface area contributed by atoms with Crippen LogP contribution in [-0.2, 0) is 22.6 Å². The van der Waals surface area contributed by atoms with E-state index in [0.717, 1.165) is 27.7 Å². The van der Waals surface area contributed by atoms with Gasteiger partial charge in [-0.1, -0.05) is 41.6 Å². The summed E-state index contributed by atoms with van der Waals surface area (Å²) >= 11 is 1.51. The molecule has 0 fully saturated rings. The summed E-state index contributed by atoms with van der Waals surface area (Å²) in [5.41, 5.74) is 4.19. The molecule has 2 aromatic carbocycles. The van der Waals surface area contributed by atoms with Crippen LogP contribution in [0, 0.1) is 6.92 Å². The Kier molecular flexibility index (Phi) is 7.31. The van der Waals surface area contributed by atoms with Gasteiger partial charge in [0.2, 0.25) is 11.8 Å². The number of hydrogen-bond acceptors (Lipinski definition) is 5. The van der Waals surface area contributed by atoms with E-state index in [1.165, 1.54) is 11.3 Å². The minimum atomic E-state index is -0.744. The number of carbonyl (C=O) groups excluding carboxylic acids is 2. The molecule has 182 valence electrons. The van der Waals surface area contributed by atoms with E-state index in [9.17, 15) is 9.59 Å². The van der Waals surface area contributed by atoms with Crippen molar-refractivity contribution in [3.05, 3.63) is 82.0 Å². The number of aryl methyl sites for hydroxylation is 1. The first-order chi connectivity index (χ1) is 16.7. The van der Waals surface area contributed by atoms with Gasteiger partial charge in [0, 0.05) is 12.1 Å². The molecule has 0 radical (unpaired) electrons. The maximum atomic E-state index is 13.8. The number of para-hydroxylation sites is 1. The molecule has 1 atom stereocenters. The van der Waals surface area contributed by atoms with Gasteiger partial charge < -0.3 is 10.2 Å². The quantitative estimate of drug-likeness (QED) is 0.394. The van der Waals surface area contributed by atoms with Crippen LogP contribution in [0.5, 0.6) is 0 Å². The van der Waals surface area contributed by atoms with Crippen molar-refractivity contribution in [2.45, 2.75) is 52.2 Å². The molecule has 35 heavy (non-hydrogen) atoms. The minimum absolute atomic E-state index is 0.00226. The van der Waals surface area contributed by atoms with Crippen LogP contribution >= 0.6 is 11.3 Å². The number of benzene rings is 2. The third-order valence-electron chi connectivity index (χ3n) is 5.83. The molecule has 0 aliphatic carbocycles. The maximum Gasteiger partial charge on any atom is 0.247 e. The number of hydrogen-bond donors (Lipinski definition) is 1. The van der Waals surface area contributed by atoms with Crippen LogP contribution in [0.15, 0.2) is 65.4 Å². The largest absolute Gasteiger partial charge is 0.349 e. The standard InChI is InChI=1S/C27H31N5O2S/c1-19-9-5-6-10-20(19)13-15-31(24(33)17-32-23-12-8-7-11-22(23)29-30-32)25(21-14-16-35-18-21)26(34)28-27(2,3)4/h5-12,14,16,18,25H,13,15,17H2,1-4H3,(H,28,34)/t25-/m0/s1. The summed E-state index contributed by atoms with van der Waals surface area (Å²) in [6.07, 6.45) is 0.639. The van der Waals surface area contributed by atoms with Crippen LogP contribution in [0.2, 0.25) is 0 Å². The molecule has 0 aliphatic rings. The Labute approximate surface area is 209 Å². The smallest absolute Gasteiger partial charge is 0.247 e. The predicted molar refractivity (Wildman–Crippen MR) is 139 cm³/mol. The second-order valence-electron chi connectivity index (χ2n) is 9.70. The molecule has 8 heteroatoms. The highest BCUT2D eigenvalue weighted by molar-refractivity contribution is 7.08. The lowest BCUT2D eigenvalue weighted by atomic mass is 10.0. The summed E-state index contributed by atoms with van der Waals surface area (Å²) in [7, 11) is 0. The van der Waals surface area contributed by atoms with Crippen molar-refractivity contribution >= 4 is 34.2 Å². The topological polar surface area (TPSA) is 80.1 Å². The first kappa shape index (κ1) is 24.6. The Morgan fingerprint density at radius 3 is 2.54 bits per heavy atom. The molecule has 0 saturated carbocycles. The summed E-state index contributed by atoms with van der Waals surface area (Å²) in [5.74, 6) is -0.382. The van der Waals surface area contributed by atoms with Gasteiger partial charge in [-0.3, -0.25) is 9.59 Å². The van der Waals surface area contributed by atoms with Crippen molar-refractivity contribution in [3.63, 3.8) is 0 Å². The second-order valence-corrected chi connectivity index (χ2v) is 10.5. The number of amides is 2. The second kappa shape index (κ2) is 10.4. The van der Waals surface area contributed by atoms with Gasteiger partial charge in [0.15, 0.2) is 0 Å². The van der Waals surface area contributed by atoms with Gasteiger partial charge in [0.25, 0.3) is 0 Å². The summed E-state index contributed by atoms with van der Waals surface area (Å²) < 4.78 is 1.60. The van der Waals surface area contributed by atoms with Crippen LogP contribution in [-0.4, -0.2) is 43.8 Å². The Bertz CT molecular complexity index is 1310. The third-order valence-corrected chi connectivity index (χ3v) is 6.53. The monoisotopic (exact) mass is 489 g/mol. The Balaban J connectivity index is 1.68. The first-order valence-electron chi connectivity index (χ1n) is 11.7. The fraction of sp³-hybridized carbons (Fsp3) is 0.333. The lowest BCUT2D eigenvalue weighted by Gasteiger charge is -2.33. The molecular weight excluding hydrogens is 458 g/mol. The van der Waals surface area contributed by atoms with Gasteiger partial charge >= 0.3 is 0 Å². The molecule has 2 aromatic heterocycles. The highest BCUT2D eigenvalue weighted by Crippen LogP contribution is 2.26. The number of nitrogens with zero attached hydrogens (tertiary/aromatic N) is 4. The number of thiophene rings is 1. The molecule has 0 bridgehead atoms. The Morgan fingerprint density at radius 1 is 1.09 bits per heavy atom. The summed E-state index contributed by atoms with van der Waals surface area (Å²) in [6, 6.07) is 16.8. The SMILES string of the molecule is Cc1ccccc1CCN(C(=O)Cn1nnc2ccccc21)[C@H](C(=O)NC(C)(C)C)c1ccsc1. The fourth-order valence-corrected chi connectivity index (χ4v) is 4.80. The minimum Gasteiger partial charge on any atom is -0.349 e.